The van der Waals surface area contributed by atoms with Gasteiger partial charge in [-0.3, -0.25) is 9.69 Å². The van der Waals surface area contributed by atoms with Gasteiger partial charge in [-0.05, 0) is 32.3 Å². The van der Waals surface area contributed by atoms with Gasteiger partial charge in [-0.1, -0.05) is 0 Å². The van der Waals surface area contributed by atoms with Gasteiger partial charge in [0, 0.05) is 44.0 Å². The largest absolute Gasteiger partial charge is 0.401 e. The van der Waals surface area contributed by atoms with Crippen LogP contribution in [0, 0.1) is 13.8 Å². The van der Waals surface area contributed by atoms with Crippen LogP contribution in [-0.4, -0.2) is 74.2 Å². The van der Waals surface area contributed by atoms with Gasteiger partial charge in [0.2, 0.25) is 5.91 Å². The zero-order chi connectivity index (χ0) is 19.6. The van der Waals surface area contributed by atoms with Crippen LogP contribution in [0.1, 0.15) is 29.8 Å². The zero-order valence-corrected chi connectivity index (χ0v) is 15.5. The highest BCUT2D eigenvalue weighted by Gasteiger charge is 2.31. The molecule has 148 valence electrons. The van der Waals surface area contributed by atoms with E-state index in [2.05, 4.69) is 15.1 Å². The molecule has 0 radical (unpaired) electrons. The van der Waals surface area contributed by atoms with Crippen molar-refractivity contribution in [3.05, 3.63) is 23.3 Å². The summed E-state index contributed by atoms with van der Waals surface area (Å²) in [5.74, 6) is 0.485. The SMILES string of the molecule is Cc1nc2ncnn2c(C)c1CCC(=O)N1CCCN(CC(F)(F)F)CC1. The fourth-order valence-corrected chi connectivity index (χ4v) is 3.54. The van der Waals surface area contributed by atoms with E-state index in [9.17, 15) is 18.0 Å². The van der Waals surface area contributed by atoms with Crippen molar-refractivity contribution in [2.24, 2.45) is 0 Å². The maximum absolute atomic E-state index is 12.6. The minimum Gasteiger partial charge on any atom is -0.341 e. The molecule has 3 heterocycles. The Balaban J connectivity index is 1.60. The van der Waals surface area contributed by atoms with Gasteiger partial charge in [-0.2, -0.15) is 23.3 Å². The molecule has 1 fully saturated rings. The van der Waals surface area contributed by atoms with Crippen LogP contribution in [0.25, 0.3) is 5.78 Å². The normalized spacial score (nSPS) is 16.7. The van der Waals surface area contributed by atoms with E-state index in [-0.39, 0.29) is 12.5 Å². The molecule has 2 aromatic heterocycles. The topological polar surface area (TPSA) is 66.6 Å². The molecule has 0 aromatic carbocycles. The maximum atomic E-state index is 12.6. The highest BCUT2D eigenvalue weighted by atomic mass is 19.4. The van der Waals surface area contributed by atoms with E-state index in [4.69, 9.17) is 0 Å². The minimum atomic E-state index is -4.21. The van der Waals surface area contributed by atoms with E-state index in [1.165, 1.54) is 11.2 Å². The van der Waals surface area contributed by atoms with E-state index in [0.29, 0.717) is 44.7 Å². The summed E-state index contributed by atoms with van der Waals surface area (Å²) < 4.78 is 39.3. The first-order valence-electron chi connectivity index (χ1n) is 8.97. The summed E-state index contributed by atoms with van der Waals surface area (Å²) in [6.45, 7) is 4.29. The van der Waals surface area contributed by atoms with Crippen molar-refractivity contribution >= 4 is 11.7 Å². The lowest BCUT2D eigenvalue weighted by atomic mass is 10.1. The summed E-state index contributed by atoms with van der Waals surface area (Å²) in [7, 11) is 0. The highest BCUT2D eigenvalue weighted by Crippen LogP contribution is 2.19. The molecule has 0 N–H and O–H groups in total. The van der Waals surface area contributed by atoms with Crippen molar-refractivity contribution in [2.75, 3.05) is 32.7 Å². The molecule has 1 aliphatic rings. The van der Waals surface area contributed by atoms with Crippen LogP contribution in [0.5, 0.6) is 0 Å². The number of carbonyl (C=O) groups excluding carboxylic acids is 1. The maximum Gasteiger partial charge on any atom is 0.401 e. The van der Waals surface area contributed by atoms with Crippen LogP contribution >= 0.6 is 0 Å². The molecule has 3 rings (SSSR count). The number of aromatic nitrogens is 4. The monoisotopic (exact) mass is 384 g/mol. The first-order chi connectivity index (χ1) is 12.7. The Morgan fingerprint density at radius 1 is 1.19 bits per heavy atom. The standard InChI is InChI=1S/C17H23F3N6O/c1-12-14(13(2)26-16(23-12)21-11-22-26)4-5-15(27)25-7-3-6-24(8-9-25)10-17(18,19)20/h11H,3-10H2,1-2H3. The predicted octanol–water partition coefficient (Wildman–Crippen LogP) is 1.77. The Hall–Kier alpha value is -2.23. The van der Waals surface area contributed by atoms with Crippen molar-refractivity contribution in [3.63, 3.8) is 0 Å². The quantitative estimate of drug-likeness (QED) is 0.804. The third kappa shape index (κ3) is 4.74. The first kappa shape index (κ1) is 19.5. The number of amides is 1. The van der Waals surface area contributed by atoms with Crippen molar-refractivity contribution in [2.45, 2.75) is 39.3 Å². The smallest absolute Gasteiger partial charge is 0.341 e. The number of carbonyl (C=O) groups is 1. The second kappa shape index (κ2) is 7.79. The van der Waals surface area contributed by atoms with Crippen molar-refractivity contribution in [3.8, 4) is 0 Å². The minimum absolute atomic E-state index is 0.0404. The molecular formula is C17H23F3N6O. The number of hydrogen-bond donors (Lipinski definition) is 0. The van der Waals surface area contributed by atoms with Crippen molar-refractivity contribution in [1.29, 1.82) is 0 Å². The first-order valence-corrected chi connectivity index (χ1v) is 8.97. The molecule has 0 unspecified atom stereocenters. The van der Waals surface area contributed by atoms with Gasteiger partial charge < -0.3 is 4.90 Å². The molecule has 0 saturated carbocycles. The van der Waals surface area contributed by atoms with Crippen LogP contribution in [0.15, 0.2) is 6.33 Å². The second-order valence-corrected chi connectivity index (χ2v) is 6.86. The Morgan fingerprint density at radius 3 is 2.70 bits per heavy atom. The molecular weight excluding hydrogens is 361 g/mol. The third-order valence-electron chi connectivity index (χ3n) is 4.92. The van der Waals surface area contributed by atoms with Gasteiger partial charge in [-0.15, -0.1) is 0 Å². The van der Waals surface area contributed by atoms with Crippen molar-refractivity contribution < 1.29 is 18.0 Å². The number of fused-ring (bicyclic) bond motifs is 1. The molecule has 7 nitrogen and oxygen atoms in total. The van der Waals surface area contributed by atoms with Gasteiger partial charge in [0.05, 0.1) is 6.54 Å². The average Bonchev–Trinajstić information content (AvgIpc) is 2.92. The lowest BCUT2D eigenvalue weighted by Crippen LogP contribution is -2.38. The summed E-state index contributed by atoms with van der Waals surface area (Å²) >= 11 is 0. The molecule has 1 amide bonds. The molecule has 2 aromatic rings. The highest BCUT2D eigenvalue weighted by molar-refractivity contribution is 5.76. The van der Waals surface area contributed by atoms with Gasteiger partial charge in [-0.25, -0.2) is 9.50 Å². The van der Waals surface area contributed by atoms with Crippen LogP contribution in [-0.2, 0) is 11.2 Å². The lowest BCUT2D eigenvalue weighted by molar-refractivity contribution is -0.145. The van der Waals surface area contributed by atoms with Gasteiger partial charge >= 0.3 is 6.18 Å². The molecule has 0 atom stereocenters. The number of halogens is 3. The Kier molecular flexibility index (Phi) is 5.64. The summed E-state index contributed by atoms with van der Waals surface area (Å²) in [4.78, 5) is 24.1. The van der Waals surface area contributed by atoms with Crippen molar-refractivity contribution in [1.82, 2.24) is 29.4 Å². The van der Waals surface area contributed by atoms with Crippen LogP contribution in [0.2, 0.25) is 0 Å². The summed E-state index contributed by atoms with van der Waals surface area (Å²) in [5, 5.41) is 4.14. The lowest BCUT2D eigenvalue weighted by Gasteiger charge is -2.23. The van der Waals surface area contributed by atoms with Gasteiger partial charge in [0.25, 0.3) is 5.78 Å². The van der Waals surface area contributed by atoms with Gasteiger partial charge in [0.1, 0.15) is 6.33 Å². The van der Waals surface area contributed by atoms with Crippen LogP contribution in [0.4, 0.5) is 13.2 Å². The van der Waals surface area contributed by atoms with E-state index in [0.717, 1.165) is 17.0 Å². The number of alkyl halides is 3. The average molecular weight is 384 g/mol. The van der Waals surface area contributed by atoms with E-state index < -0.39 is 12.7 Å². The van der Waals surface area contributed by atoms with E-state index in [1.807, 2.05) is 13.8 Å². The van der Waals surface area contributed by atoms with E-state index >= 15 is 0 Å². The van der Waals surface area contributed by atoms with Crippen LogP contribution < -0.4 is 0 Å². The number of rotatable bonds is 4. The second-order valence-electron chi connectivity index (χ2n) is 6.86. The predicted molar refractivity (Wildman–Crippen MR) is 92.3 cm³/mol. The fraction of sp³-hybridized carbons (Fsp3) is 0.647. The fourth-order valence-electron chi connectivity index (χ4n) is 3.54. The molecule has 27 heavy (non-hydrogen) atoms. The van der Waals surface area contributed by atoms with E-state index in [1.54, 1.807) is 9.42 Å². The molecule has 0 spiro atoms. The number of aryl methyl sites for hydroxylation is 2. The third-order valence-corrected chi connectivity index (χ3v) is 4.92. The Labute approximate surface area is 155 Å². The molecule has 10 heteroatoms. The van der Waals surface area contributed by atoms with Gasteiger partial charge in [0.15, 0.2) is 0 Å². The summed E-state index contributed by atoms with van der Waals surface area (Å²) in [6, 6.07) is 0. The molecule has 1 saturated heterocycles. The Bertz CT molecular complexity index is 819. The number of hydrogen-bond acceptors (Lipinski definition) is 5. The molecule has 0 bridgehead atoms. The summed E-state index contributed by atoms with van der Waals surface area (Å²) in [6.07, 6.45) is -1.41. The Morgan fingerprint density at radius 2 is 1.96 bits per heavy atom. The zero-order valence-electron chi connectivity index (χ0n) is 15.5. The van der Waals surface area contributed by atoms with Crippen LogP contribution in [0.3, 0.4) is 0 Å². The number of nitrogens with zero attached hydrogens (tertiary/aromatic N) is 6. The molecule has 1 aliphatic heterocycles. The molecule has 0 aliphatic carbocycles. The summed E-state index contributed by atoms with van der Waals surface area (Å²) in [5.41, 5.74) is 2.66.